The van der Waals surface area contributed by atoms with Gasteiger partial charge in [0.05, 0.1) is 0 Å². The van der Waals surface area contributed by atoms with Crippen LogP contribution in [0.1, 0.15) is 13.3 Å². The number of hydrogen-bond acceptors (Lipinski definition) is 1. The van der Waals surface area contributed by atoms with E-state index >= 15 is 0 Å². The third kappa shape index (κ3) is 8.89. The van der Waals surface area contributed by atoms with Crippen LogP contribution in [-0.4, -0.2) is 6.26 Å². The Kier molecular flexibility index (Phi) is 15.7. The van der Waals surface area contributed by atoms with E-state index in [1.54, 1.807) is 11.8 Å². The molecule has 0 rings (SSSR count). The zero-order valence-corrected chi connectivity index (χ0v) is 7.24. The Bertz CT molecular complexity index is 15.0. The van der Waals surface area contributed by atoms with Crippen molar-refractivity contribution in [3.05, 3.63) is 5.75 Å². The molecule has 0 bridgehead atoms. The summed E-state index contributed by atoms with van der Waals surface area (Å²) in [5.74, 6) is 2.17. The molecule has 0 aromatic heterocycles. The first-order valence-electron chi connectivity index (χ1n) is 1.76. The van der Waals surface area contributed by atoms with E-state index in [0.29, 0.717) is 0 Å². The van der Waals surface area contributed by atoms with Gasteiger partial charge in [-0.1, -0.05) is 6.92 Å². The van der Waals surface area contributed by atoms with Gasteiger partial charge in [0.25, 0.3) is 0 Å². The molecule has 0 fully saturated rings. The average Bonchev–Trinajstić information content (AvgIpc) is 1.41. The average molecular weight is 281 g/mol. The summed E-state index contributed by atoms with van der Waals surface area (Å²) >= 11 is 1.78. The summed E-state index contributed by atoms with van der Waals surface area (Å²) in [4.78, 5) is 0. The predicted molar refractivity (Wildman–Crippen MR) is 28.1 cm³/mol. The maximum Gasteiger partial charge on any atom is 0 e. The summed E-state index contributed by atoms with van der Waals surface area (Å²) in [5.41, 5.74) is 0. The zero-order valence-electron chi connectivity index (χ0n) is 4.03. The molecule has 0 heterocycles. The maximum atomic E-state index is 2.17. The van der Waals surface area contributed by atoms with Crippen molar-refractivity contribution in [3.8, 4) is 0 Å². The Labute approximate surface area is 57.4 Å². The van der Waals surface area contributed by atoms with E-state index < -0.39 is 0 Å². The molecular weight excluding hydrogens is 272 g/mol. The van der Waals surface area contributed by atoms with Gasteiger partial charge in [-0.3, -0.25) is 5.75 Å². The maximum absolute atomic E-state index is 2.17. The standard InChI is InChI=1S/C4H9S.Ir/c1-3-4-5-2;/h4H,3H2,1-2H3;/q-1;. The monoisotopic (exact) mass is 282 g/mol. The SMILES string of the molecule is CC[CH-]SC.[Ir]. The minimum absolute atomic E-state index is 0. The molecular formula is C4H9IrS-. The Morgan fingerprint density at radius 2 is 2.17 bits per heavy atom. The van der Waals surface area contributed by atoms with Crippen molar-refractivity contribution in [1.82, 2.24) is 0 Å². The fourth-order valence-electron chi connectivity index (χ4n) is 0.167. The quantitative estimate of drug-likeness (QED) is 0.697. The van der Waals surface area contributed by atoms with Crippen molar-refractivity contribution < 1.29 is 20.1 Å². The van der Waals surface area contributed by atoms with Crippen LogP contribution in [0.3, 0.4) is 0 Å². The summed E-state index contributed by atoms with van der Waals surface area (Å²) in [7, 11) is 0. The first kappa shape index (κ1) is 10.1. The van der Waals surface area contributed by atoms with Gasteiger partial charge in [0, 0.05) is 20.1 Å². The van der Waals surface area contributed by atoms with E-state index in [-0.39, 0.29) is 20.1 Å². The molecule has 0 saturated heterocycles. The van der Waals surface area contributed by atoms with Gasteiger partial charge in [-0.2, -0.15) is 6.42 Å². The van der Waals surface area contributed by atoms with Crippen LogP contribution in [0.2, 0.25) is 0 Å². The molecule has 0 aliphatic carbocycles. The van der Waals surface area contributed by atoms with Gasteiger partial charge < -0.3 is 11.8 Å². The van der Waals surface area contributed by atoms with E-state index in [9.17, 15) is 0 Å². The van der Waals surface area contributed by atoms with Crippen LogP contribution in [0.4, 0.5) is 0 Å². The Morgan fingerprint density at radius 1 is 1.67 bits per heavy atom. The van der Waals surface area contributed by atoms with E-state index in [1.807, 2.05) is 0 Å². The first-order valence-corrected chi connectivity index (χ1v) is 3.05. The summed E-state index contributed by atoms with van der Waals surface area (Å²) in [6.45, 7) is 2.14. The molecule has 0 aromatic carbocycles. The molecule has 0 unspecified atom stereocenters. The van der Waals surface area contributed by atoms with Gasteiger partial charge in [-0.05, 0) is 6.26 Å². The molecule has 0 aromatic rings. The van der Waals surface area contributed by atoms with Gasteiger partial charge in [-0.15, -0.1) is 0 Å². The van der Waals surface area contributed by atoms with E-state index in [1.165, 1.54) is 6.42 Å². The molecule has 0 amide bonds. The fraction of sp³-hybridized carbons (Fsp3) is 0.750. The minimum Gasteiger partial charge on any atom is -0.354 e. The Morgan fingerprint density at radius 3 is 2.17 bits per heavy atom. The largest absolute Gasteiger partial charge is 0.354 e. The second kappa shape index (κ2) is 9.37. The van der Waals surface area contributed by atoms with Crippen LogP contribution in [0.15, 0.2) is 0 Å². The smallest absolute Gasteiger partial charge is 0 e. The minimum atomic E-state index is 0. The zero-order chi connectivity index (χ0) is 4.12. The van der Waals surface area contributed by atoms with Crippen molar-refractivity contribution in [2.75, 3.05) is 6.26 Å². The van der Waals surface area contributed by atoms with Crippen LogP contribution in [-0.2, 0) is 20.1 Å². The molecule has 0 N–H and O–H groups in total. The number of rotatable bonds is 2. The van der Waals surface area contributed by atoms with E-state index in [0.717, 1.165) is 0 Å². The van der Waals surface area contributed by atoms with Gasteiger partial charge >= 0.3 is 0 Å². The molecule has 2 heteroatoms. The normalized spacial score (nSPS) is 7.00. The number of hydrogen-bond donors (Lipinski definition) is 0. The second-order valence-corrected chi connectivity index (χ2v) is 1.62. The van der Waals surface area contributed by atoms with Crippen LogP contribution < -0.4 is 0 Å². The molecule has 41 valence electrons. The van der Waals surface area contributed by atoms with Crippen molar-refractivity contribution in [3.63, 3.8) is 0 Å². The molecule has 0 aliphatic rings. The van der Waals surface area contributed by atoms with Crippen LogP contribution >= 0.6 is 11.8 Å². The van der Waals surface area contributed by atoms with Gasteiger partial charge in [0.15, 0.2) is 0 Å². The molecule has 0 aliphatic heterocycles. The first-order chi connectivity index (χ1) is 2.41. The van der Waals surface area contributed by atoms with E-state index in [2.05, 4.69) is 18.9 Å². The number of thioether (sulfide) groups is 1. The molecule has 0 atom stereocenters. The topological polar surface area (TPSA) is 0 Å². The molecule has 6 heavy (non-hydrogen) atoms. The summed E-state index contributed by atoms with van der Waals surface area (Å²) in [6.07, 6.45) is 3.25. The Balaban J connectivity index is 0. The molecule has 0 nitrogen and oxygen atoms in total. The Hall–Kier alpha value is 0.999. The molecule has 0 saturated carbocycles. The van der Waals surface area contributed by atoms with Crippen LogP contribution in [0, 0.1) is 5.75 Å². The van der Waals surface area contributed by atoms with Gasteiger partial charge in [0.2, 0.25) is 0 Å². The van der Waals surface area contributed by atoms with Crippen molar-refractivity contribution in [2.24, 2.45) is 0 Å². The predicted octanol–water partition coefficient (Wildman–Crippen LogP) is 1.92. The van der Waals surface area contributed by atoms with Crippen molar-refractivity contribution in [2.45, 2.75) is 13.3 Å². The second-order valence-electron chi connectivity index (χ2n) is 0.811. The summed E-state index contributed by atoms with van der Waals surface area (Å²) in [6, 6.07) is 0. The van der Waals surface area contributed by atoms with Crippen LogP contribution in [0.25, 0.3) is 0 Å². The molecule has 1 radical (unpaired) electrons. The van der Waals surface area contributed by atoms with Gasteiger partial charge in [0.1, 0.15) is 0 Å². The van der Waals surface area contributed by atoms with Crippen molar-refractivity contribution in [1.29, 1.82) is 0 Å². The molecule has 0 spiro atoms. The summed E-state index contributed by atoms with van der Waals surface area (Å²) < 4.78 is 0. The third-order valence-electron chi connectivity index (χ3n) is 0.333. The summed E-state index contributed by atoms with van der Waals surface area (Å²) in [5, 5.41) is 0. The van der Waals surface area contributed by atoms with Crippen molar-refractivity contribution >= 4 is 11.8 Å². The van der Waals surface area contributed by atoms with Crippen LogP contribution in [0.5, 0.6) is 0 Å². The van der Waals surface area contributed by atoms with E-state index in [4.69, 9.17) is 0 Å². The van der Waals surface area contributed by atoms with Gasteiger partial charge in [-0.25, -0.2) is 0 Å². The fourth-order valence-corrected chi connectivity index (χ4v) is 0.500. The third-order valence-corrected chi connectivity index (χ3v) is 1.000.